The number of benzene rings is 1. The summed E-state index contributed by atoms with van der Waals surface area (Å²) >= 11 is 12.4. The molecule has 0 amide bonds. The Morgan fingerprint density at radius 1 is 1.09 bits per heavy atom. The van der Waals surface area contributed by atoms with Crippen LogP contribution >= 0.6 is 23.2 Å². The topological polar surface area (TPSA) is 95.0 Å². The summed E-state index contributed by atoms with van der Waals surface area (Å²) in [4.78, 5) is 16.2. The Morgan fingerprint density at radius 2 is 1.91 bits per heavy atom. The summed E-state index contributed by atoms with van der Waals surface area (Å²) in [6.45, 7) is 4.35. The first kappa shape index (κ1) is 21.7. The lowest BCUT2D eigenvalue weighted by Gasteiger charge is -2.33. The van der Waals surface area contributed by atoms with E-state index in [-0.39, 0.29) is 6.10 Å². The number of nitrogens with two attached hydrogens (primary N) is 1. The molecule has 4 aromatic rings. The van der Waals surface area contributed by atoms with Crippen LogP contribution in [0, 0.1) is 0 Å². The van der Waals surface area contributed by atoms with Gasteiger partial charge in [0.25, 0.3) is 0 Å². The number of aromatic nitrogens is 5. The lowest BCUT2D eigenvalue weighted by molar-refractivity contribution is 0.171. The normalized spacial score (nSPS) is 14.7. The molecule has 0 saturated carbocycles. The monoisotopic (exact) mass is 483 g/mol. The number of fused-ring (bicyclic) bond motifs is 1. The van der Waals surface area contributed by atoms with Gasteiger partial charge in [-0.2, -0.15) is 5.10 Å². The van der Waals surface area contributed by atoms with Gasteiger partial charge in [-0.1, -0.05) is 23.2 Å². The maximum absolute atomic E-state index is 6.28. The first-order valence-corrected chi connectivity index (χ1v) is 11.6. The van der Waals surface area contributed by atoms with Crippen LogP contribution in [0.25, 0.3) is 22.3 Å². The summed E-state index contributed by atoms with van der Waals surface area (Å²) in [6, 6.07) is 7.01. The molecule has 10 heteroatoms. The fourth-order valence-electron chi connectivity index (χ4n) is 3.97. The molecule has 33 heavy (non-hydrogen) atoms. The minimum Gasteiger partial charge on any atom is -0.489 e. The molecule has 1 aromatic carbocycles. The van der Waals surface area contributed by atoms with Crippen molar-refractivity contribution in [1.82, 2.24) is 24.7 Å². The van der Waals surface area contributed by atoms with Gasteiger partial charge in [-0.05, 0) is 19.1 Å². The average molecular weight is 484 g/mol. The van der Waals surface area contributed by atoms with Crippen molar-refractivity contribution in [2.75, 3.05) is 23.7 Å². The van der Waals surface area contributed by atoms with Crippen LogP contribution in [0.4, 0.5) is 11.6 Å². The molecule has 0 aliphatic carbocycles. The summed E-state index contributed by atoms with van der Waals surface area (Å²) < 4.78 is 8.03. The summed E-state index contributed by atoms with van der Waals surface area (Å²) in [5.41, 5.74) is 9.01. The SMILES string of the molecule is CCn1cc(-c2nc3cnc(N)cc3nc2N2CCC(Oc3cc(Cl)ccc3Cl)CC2)cn1. The van der Waals surface area contributed by atoms with Gasteiger partial charge in [0.05, 0.1) is 22.9 Å². The maximum Gasteiger partial charge on any atom is 0.156 e. The van der Waals surface area contributed by atoms with Crippen molar-refractivity contribution >= 4 is 45.9 Å². The van der Waals surface area contributed by atoms with Crippen LogP contribution in [0.2, 0.25) is 10.0 Å². The zero-order valence-electron chi connectivity index (χ0n) is 18.1. The highest BCUT2D eigenvalue weighted by Crippen LogP contribution is 2.34. The quantitative estimate of drug-likeness (QED) is 0.433. The van der Waals surface area contributed by atoms with Crippen molar-refractivity contribution in [2.24, 2.45) is 0 Å². The molecule has 0 unspecified atom stereocenters. The van der Waals surface area contributed by atoms with Crippen LogP contribution in [0.3, 0.4) is 0 Å². The Hall–Kier alpha value is -3.10. The molecule has 8 nitrogen and oxygen atoms in total. The molecule has 0 spiro atoms. The van der Waals surface area contributed by atoms with E-state index in [1.54, 1.807) is 30.5 Å². The van der Waals surface area contributed by atoms with Gasteiger partial charge >= 0.3 is 0 Å². The Kier molecular flexibility index (Phi) is 5.95. The van der Waals surface area contributed by atoms with E-state index in [0.29, 0.717) is 32.6 Å². The van der Waals surface area contributed by atoms with Crippen molar-refractivity contribution < 1.29 is 4.74 Å². The molecule has 1 aliphatic rings. The molecule has 1 aliphatic heterocycles. The Balaban J connectivity index is 1.43. The van der Waals surface area contributed by atoms with E-state index >= 15 is 0 Å². The van der Waals surface area contributed by atoms with Gasteiger partial charge in [0.15, 0.2) is 5.82 Å². The molecule has 2 N–H and O–H groups in total. The number of rotatable bonds is 5. The number of aryl methyl sites for hydroxylation is 1. The number of piperidine rings is 1. The lowest BCUT2D eigenvalue weighted by Crippen LogP contribution is -2.39. The first-order chi connectivity index (χ1) is 16.0. The van der Waals surface area contributed by atoms with E-state index in [2.05, 4.69) is 15.0 Å². The smallest absolute Gasteiger partial charge is 0.156 e. The van der Waals surface area contributed by atoms with Crippen LogP contribution in [-0.4, -0.2) is 43.9 Å². The number of pyridine rings is 1. The van der Waals surface area contributed by atoms with Crippen LogP contribution in [0.1, 0.15) is 19.8 Å². The molecular weight excluding hydrogens is 461 g/mol. The third-order valence-electron chi connectivity index (χ3n) is 5.71. The Labute approximate surface area is 201 Å². The highest BCUT2D eigenvalue weighted by Gasteiger charge is 2.26. The number of hydrogen-bond acceptors (Lipinski definition) is 7. The van der Waals surface area contributed by atoms with E-state index < -0.39 is 0 Å². The molecule has 1 saturated heterocycles. The number of nitrogens with zero attached hydrogens (tertiary/aromatic N) is 6. The zero-order chi connectivity index (χ0) is 22.9. The number of ether oxygens (including phenoxy) is 1. The van der Waals surface area contributed by atoms with Crippen molar-refractivity contribution in [3.8, 4) is 17.0 Å². The molecular formula is C23H23Cl2N7O. The predicted octanol–water partition coefficient (Wildman–Crippen LogP) is 4.85. The van der Waals surface area contributed by atoms with Gasteiger partial charge in [0.2, 0.25) is 0 Å². The highest BCUT2D eigenvalue weighted by molar-refractivity contribution is 6.34. The minimum atomic E-state index is 0.0387. The first-order valence-electron chi connectivity index (χ1n) is 10.8. The molecule has 3 aromatic heterocycles. The maximum atomic E-state index is 6.28. The van der Waals surface area contributed by atoms with E-state index in [9.17, 15) is 0 Å². The standard InChI is InChI=1S/C23H23Cl2N7O/c1-2-32-13-14(11-28-32)22-23(30-18-10-21(26)27-12-19(18)29-22)31-7-5-16(6-8-31)33-20-9-15(24)3-4-17(20)25/h3-4,9-13,16H,2,5-8H2,1H3,(H2,26,27). The van der Waals surface area contributed by atoms with Crippen LogP contribution < -0.4 is 15.4 Å². The highest BCUT2D eigenvalue weighted by atomic mass is 35.5. The van der Waals surface area contributed by atoms with E-state index in [1.807, 2.05) is 24.0 Å². The van der Waals surface area contributed by atoms with Gasteiger partial charge in [-0.15, -0.1) is 0 Å². The molecule has 0 radical (unpaired) electrons. The van der Waals surface area contributed by atoms with E-state index in [0.717, 1.165) is 49.6 Å². The van der Waals surface area contributed by atoms with Crippen molar-refractivity contribution in [3.05, 3.63) is 52.9 Å². The van der Waals surface area contributed by atoms with Crippen LogP contribution in [0.15, 0.2) is 42.9 Å². The van der Waals surface area contributed by atoms with Crippen molar-refractivity contribution in [2.45, 2.75) is 32.4 Å². The minimum absolute atomic E-state index is 0.0387. The fourth-order valence-corrected chi connectivity index (χ4v) is 4.30. The van der Waals surface area contributed by atoms with Crippen LogP contribution in [0.5, 0.6) is 5.75 Å². The third-order valence-corrected chi connectivity index (χ3v) is 6.26. The zero-order valence-corrected chi connectivity index (χ0v) is 19.6. The van der Waals surface area contributed by atoms with E-state index in [1.165, 1.54) is 0 Å². The largest absolute Gasteiger partial charge is 0.489 e. The second-order valence-electron chi connectivity index (χ2n) is 7.96. The Bertz CT molecular complexity index is 1300. The molecule has 0 bridgehead atoms. The number of hydrogen-bond donors (Lipinski definition) is 1. The second kappa shape index (κ2) is 9.03. The lowest BCUT2D eigenvalue weighted by atomic mass is 10.1. The van der Waals surface area contributed by atoms with Crippen molar-refractivity contribution in [3.63, 3.8) is 0 Å². The van der Waals surface area contributed by atoms with Gasteiger partial charge < -0.3 is 15.4 Å². The molecule has 170 valence electrons. The van der Waals surface area contributed by atoms with Gasteiger partial charge in [-0.3, -0.25) is 4.68 Å². The molecule has 5 rings (SSSR count). The number of halogens is 2. The number of anilines is 2. The second-order valence-corrected chi connectivity index (χ2v) is 8.80. The Morgan fingerprint density at radius 3 is 2.67 bits per heavy atom. The predicted molar refractivity (Wildman–Crippen MR) is 131 cm³/mol. The fraction of sp³-hybridized carbons (Fsp3) is 0.304. The molecule has 4 heterocycles. The molecule has 1 fully saturated rings. The van der Waals surface area contributed by atoms with Gasteiger partial charge in [0, 0.05) is 61.4 Å². The van der Waals surface area contributed by atoms with Crippen LogP contribution in [-0.2, 0) is 6.54 Å². The van der Waals surface area contributed by atoms with E-state index in [4.69, 9.17) is 43.6 Å². The number of nitrogen functional groups attached to an aromatic ring is 1. The van der Waals surface area contributed by atoms with Gasteiger partial charge in [0.1, 0.15) is 28.9 Å². The van der Waals surface area contributed by atoms with Crippen molar-refractivity contribution in [1.29, 1.82) is 0 Å². The summed E-state index contributed by atoms with van der Waals surface area (Å²) in [7, 11) is 0. The average Bonchev–Trinajstić information content (AvgIpc) is 3.30. The van der Waals surface area contributed by atoms with Gasteiger partial charge in [-0.25, -0.2) is 15.0 Å². The summed E-state index contributed by atoms with van der Waals surface area (Å²) in [5, 5.41) is 5.58. The molecule has 0 atom stereocenters. The summed E-state index contributed by atoms with van der Waals surface area (Å²) in [6.07, 6.45) is 7.13. The summed E-state index contributed by atoms with van der Waals surface area (Å²) in [5.74, 6) is 1.84. The third kappa shape index (κ3) is 4.54.